The molecule has 0 aliphatic carbocycles. The van der Waals surface area contributed by atoms with Gasteiger partial charge in [-0.25, -0.2) is 12.7 Å². The van der Waals surface area contributed by atoms with Crippen molar-refractivity contribution in [2.75, 3.05) is 12.8 Å². The first kappa shape index (κ1) is 14.2. The van der Waals surface area contributed by atoms with Crippen molar-refractivity contribution >= 4 is 10.0 Å². The Morgan fingerprint density at radius 3 is 2.06 bits per heavy atom. The molecule has 0 amide bonds. The van der Waals surface area contributed by atoms with E-state index < -0.39 is 10.0 Å². The maximum absolute atomic E-state index is 11.8. The van der Waals surface area contributed by atoms with E-state index in [-0.39, 0.29) is 5.75 Å². The largest absolute Gasteiger partial charge is 0.214 e. The van der Waals surface area contributed by atoms with Crippen molar-refractivity contribution in [3.63, 3.8) is 0 Å². The minimum Gasteiger partial charge on any atom is -0.212 e. The summed E-state index contributed by atoms with van der Waals surface area (Å²) in [5.74, 6) is 0.219. The molecule has 0 aliphatic heterocycles. The minimum absolute atomic E-state index is 0.219. The summed E-state index contributed by atoms with van der Waals surface area (Å²) in [5.41, 5.74) is 2.30. The number of sulfonamides is 1. The first-order chi connectivity index (χ1) is 7.99. The zero-order chi connectivity index (χ0) is 12.9. The molecule has 4 heteroatoms. The quantitative estimate of drug-likeness (QED) is 0.783. The highest BCUT2D eigenvalue weighted by atomic mass is 32.2. The normalized spacial score (nSPS) is 12.0. The zero-order valence-corrected chi connectivity index (χ0v) is 11.6. The predicted molar refractivity (Wildman–Crippen MR) is 71.4 cm³/mol. The summed E-state index contributed by atoms with van der Waals surface area (Å²) >= 11 is 0. The van der Waals surface area contributed by atoms with E-state index in [0.717, 1.165) is 12.0 Å². The van der Waals surface area contributed by atoms with Crippen molar-refractivity contribution in [3.8, 4) is 0 Å². The molecule has 0 atom stereocenters. The number of hydrogen-bond donors (Lipinski definition) is 0. The maximum atomic E-state index is 11.8. The second kappa shape index (κ2) is 6.17. The van der Waals surface area contributed by atoms with Gasteiger partial charge in [0, 0.05) is 13.6 Å². The van der Waals surface area contributed by atoms with Crippen LogP contribution in [-0.4, -0.2) is 25.5 Å². The summed E-state index contributed by atoms with van der Waals surface area (Å²) in [6.07, 6.45) is 1.66. The molecular formula is C13H21NO2S. The van der Waals surface area contributed by atoms with Gasteiger partial charge in [0.2, 0.25) is 10.0 Å². The van der Waals surface area contributed by atoms with Crippen molar-refractivity contribution < 1.29 is 8.42 Å². The Morgan fingerprint density at radius 1 is 1.06 bits per heavy atom. The molecule has 0 heterocycles. The van der Waals surface area contributed by atoms with E-state index in [4.69, 9.17) is 0 Å². The van der Waals surface area contributed by atoms with E-state index in [1.807, 2.05) is 19.1 Å². The molecular weight excluding hydrogens is 234 g/mol. The number of benzene rings is 1. The molecule has 0 aromatic heterocycles. The van der Waals surface area contributed by atoms with Gasteiger partial charge in [0.1, 0.15) is 0 Å². The van der Waals surface area contributed by atoms with Crippen molar-refractivity contribution in [2.24, 2.45) is 0 Å². The Hall–Kier alpha value is -0.870. The molecule has 0 N–H and O–H groups in total. The summed E-state index contributed by atoms with van der Waals surface area (Å²) < 4.78 is 25.0. The van der Waals surface area contributed by atoms with E-state index in [1.165, 1.54) is 9.87 Å². The van der Waals surface area contributed by atoms with Gasteiger partial charge in [0.15, 0.2) is 0 Å². The van der Waals surface area contributed by atoms with Crippen molar-refractivity contribution in [1.82, 2.24) is 4.31 Å². The Balaban J connectivity index is 2.70. The third-order valence-electron chi connectivity index (χ3n) is 2.77. The molecule has 1 rings (SSSR count). The van der Waals surface area contributed by atoms with Crippen LogP contribution in [0.5, 0.6) is 0 Å². The van der Waals surface area contributed by atoms with Crippen LogP contribution in [-0.2, 0) is 23.0 Å². The van der Waals surface area contributed by atoms with Crippen molar-refractivity contribution in [1.29, 1.82) is 0 Å². The summed E-state index contributed by atoms with van der Waals surface area (Å²) in [6, 6.07) is 8.10. The average Bonchev–Trinajstić information content (AvgIpc) is 2.30. The van der Waals surface area contributed by atoms with Gasteiger partial charge in [0.05, 0.1) is 5.75 Å². The molecule has 0 fully saturated rings. The average molecular weight is 255 g/mol. The highest BCUT2D eigenvalue weighted by Crippen LogP contribution is 2.10. The Bertz CT molecular complexity index is 437. The third kappa shape index (κ3) is 4.13. The lowest BCUT2D eigenvalue weighted by atomic mass is 10.1. The molecule has 0 bridgehead atoms. The van der Waals surface area contributed by atoms with Gasteiger partial charge in [-0.2, -0.15) is 0 Å². The molecule has 96 valence electrons. The van der Waals surface area contributed by atoms with Gasteiger partial charge in [-0.3, -0.25) is 0 Å². The first-order valence-corrected chi connectivity index (χ1v) is 7.62. The maximum Gasteiger partial charge on any atom is 0.214 e. The molecule has 0 aliphatic rings. The lowest BCUT2D eigenvalue weighted by molar-refractivity contribution is 0.466. The summed E-state index contributed by atoms with van der Waals surface area (Å²) in [5, 5.41) is 0. The molecule has 0 saturated heterocycles. The lowest BCUT2D eigenvalue weighted by Crippen LogP contribution is -2.28. The first-order valence-electron chi connectivity index (χ1n) is 6.01. The molecule has 17 heavy (non-hydrogen) atoms. The van der Waals surface area contributed by atoms with Crippen LogP contribution >= 0.6 is 0 Å². The number of aryl methyl sites for hydroxylation is 1. The van der Waals surface area contributed by atoms with E-state index in [0.29, 0.717) is 13.0 Å². The summed E-state index contributed by atoms with van der Waals surface area (Å²) in [6.45, 7) is 4.43. The fourth-order valence-electron chi connectivity index (χ4n) is 1.65. The predicted octanol–water partition coefficient (Wildman–Crippen LogP) is 2.42. The smallest absolute Gasteiger partial charge is 0.212 e. The van der Waals surface area contributed by atoms with Crippen LogP contribution in [0.15, 0.2) is 24.3 Å². The second-order valence-electron chi connectivity index (χ2n) is 4.24. The monoisotopic (exact) mass is 255 g/mol. The molecule has 0 radical (unpaired) electrons. The van der Waals surface area contributed by atoms with Crippen LogP contribution < -0.4 is 0 Å². The molecule has 1 aromatic rings. The minimum atomic E-state index is -3.09. The van der Waals surface area contributed by atoms with Gasteiger partial charge >= 0.3 is 0 Å². The number of rotatable bonds is 6. The van der Waals surface area contributed by atoms with Crippen LogP contribution in [0, 0.1) is 0 Å². The Morgan fingerprint density at radius 2 is 1.59 bits per heavy atom. The highest BCUT2D eigenvalue weighted by molar-refractivity contribution is 7.89. The second-order valence-corrected chi connectivity index (χ2v) is 6.44. The van der Waals surface area contributed by atoms with Crippen LogP contribution in [0.1, 0.15) is 31.4 Å². The van der Waals surface area contributed by atoms with Gasteiger partial charge < -0.3 is 0 Å². The van der Waals surface area contributed by atoms with Crippen molar-refractivity contribution in [2.45, 2.75) is 33.2 Å². The Kier molecular flexibility index (Phi) is 5.15. The summed E-state index contributed by atoms with van der Waals surface area (Å²) in [4.78, 5) is 0. The van der Waals surface area contributed by atoms with Crippen LogP contribution in [0.3, 0.4) is 0 Å². The molecule has 0 saturated carbocycles. The van der Waals surface area contributed by atoms with Gasteiger partial charge in [-0.15, -0.1) is 0 Å². The summed E-state index contributed by atoms with van der Waals surface area (Å²) in [7, 11) is -1.45. The Labute approximate surface area is 105 Å². The lowest BCUT2D eigenvalue weighted by Gasteiger charge is -2.16. The molecule has 0 unspecified atom stereocenters. The van der Waals surface area contributed by atoms with Gasteiger partial charge in [0.25, 0.3) is 0 Å². The van der Waals surface area contributed by atoms with Crippen LogP contribution in [0.2, 0.25) is 0 Å². The van der Waals surface area contributed by atoms with Gasteiger partial charge in [-0.05, 0) is 24.0 Å². The van der Waals surface area contributed by atoms with Crippen LogP contribution in [0.25, 0.3) is 0 Å². The van der Waals surface area contributed by atoms with E-state index in [9.17, 15) is 8.42 Å². The van der Waals surface area contributed by atoms with Gasteiger partial charge in [-0.1, -0.05) is 38.1 Å². The van der Waals surface area contributed by atoms with E-state index in [1.54, 1.807) is 7.05 Å². The van der Waals surface area contributed by atoms with E-state index in [2.05, 4.69) is 19.1 Å². The van der Waals surface area contributed by atoms with Crippen LogP contribution in [0.4, 0.5) is 0 Å². The number of hydrogen-bond acceptors (Lipinski definition) is 2. The van der Waals surface area contributed by atoms with Crippen molar-refractivity contribution in [3.05, 3.63) is 35.4 Å². The number of nitrogens with zero attached hydrogens (tertiary/aromatic N) is 1. The highest BCUT2D eigenvalue weighted by Gasteiger charge is 2.16. The fourth-order valence-corrected chi connectivity index (χ4v) is 2.82. The topological polar surface area (TPSA) is 37.4 Å². The standard InChI is InChI=1S/C13H21NO2S/c1-4-10-17(15,16)14(3)11-13-8-6-12(5-2)7-9-13/h6-9H,4-5,10-11H2,1-3H3. The molecule has 3 nitrogen and oxygen atoms in total. The molecule has 1 aromatic carbocycles. The fraction of sp³-hybridized carbons (Fsp3) is 0.538. The zero-order valence-electron chi connectivity index (χ0n) is 10.8. The SMILES string of the molecule is CCCS(=O)(=O)N(C)Cc1ccc(CC)cc1. The third-order valence-corrected chi connectivity index (χ3v) is 4.78. The van der Waals surface area contributed by atoms with E-state index >= 15 is 0 Å². The molecule has 0 spiro atoms.